The van der Waals surface area contributed by atoms with E-state index in [0.717, 1.165) is 88.1 Å². The van der Waals surface area contributed by atoms with Crippen LogP contribution < -0.4 is 15.4 Å². The summed E-state index contributed by atoms with van der Waals surface area (Å²) in [7, 11) is 0. The minimum atomic E-state index is 0.164. The van der Waals surface area contributed by atoms with Crippen LogP contribution in [0, 0.1) is 0 Å². The summed E-state index contributed by atoms with van der Waals surface area (Å²) >= 11 is 0. The van der Waals surface area contributed by atoms with E-state index in [0.29, 0.717) is 32.8 Å². The van der Waals surface area contributed by atoms with Crippen molar-refractivity contribution in [2.75, 3.05) is 6.54 Å². The third-order valence-corrected chi connectivity index (χ3v) is 11.5. The molecular formula is C54H54N2O4. The van der Waals surface area contributed by atoms with E-state index < -0.39 is 0 Å². The van der Waals surface area contributed by atoms with Gasteiger partial charge in [0.1, 0.15) is 36.2 Å². The lowest BCUT2D eigenvalue weighted by molar-refractivity contribution is 0.191. The maximum atomic E-state index is 11.7. The molecule has 0 spiro atoms. The fourth-order valence-electron chi connectivity index (χ4n) is 8.10. The molecule has 0 bridgehead atoms. The Hall–Kier alpha value is -6.34. The summed E-state index contributed by atoms with van der Waals surface area (Å²) in [5.74, 6) is 2.16. The molecule has 304 valence electrons. The molecule has 0 unspecified atom stereocenters. The van der Waals surface area contributed by atoms with Gasteiger partial charge in [0.05, 0.1) is 0 Å². The summed E-state index contributed by atoms with van der Waals surface area (Å²) in [6, 6.07) is 49.5. The summed E-state index contributed by atoms with van der Waals surface area (Å²) in [5, 5.41) is 35.4. The van der Waals surface area contributed by atoms with Crippen molar-refractivity contribution in [3.63, 3.8) is 0 Å². The van der Waals surface area contributed by atoms with Crippen LogP contribution in [-0.4, -0.2) is 22.8 Å². The molecule has 6 heteroatoms. The van der Waals surface area contributed by atoms with E-state index in [1.807, 2.05) is 66.7 Å². The molecule has 1 aliphatic rings. The van der Waals surface area contributed by atoms with Gasteiger partial charge >= 0.3 is 0 Å². The standard InChI is InChI=1S/C54H54N2O4/c1-2-3-20-46(56-34-45-19-13-24-50(54(45)58)48-22-9-11-26-52(48)60-37-39-28-30-41-15-5-7-17-43(41)32-39)35-55-33-44-18-12-23-49(53(44)57)47-21-8-10-25-51(47)59-36-38-27-29-40-14-4-6-16-42(40)31-38/h4-10,12-19,21-25,27-32,46,55-58H,2-3,11,20,26,33-37H2,1H3/t46-/m0/s1. The van der Waals surface area contributed by atoms with Gasteiger partial charge < -0.3 is 30.3 Å². The number of allylic oxidation sites excluding steroid dienone is 4. The Balaban J connectivity index is 0.906. The molecule has 0 heterocycles. The zero-order chi connectivity index (χ0) is 41.1. The minimum absolute atomic E-state index is 0.164. The van der Waals surface area contributed by atoms with E-state index in [1.54, 1.807) is 0 Å². The molecule has 60 heavy (non-hydrogen) atoms. The van der Waals surface area contributed by atoms with Crippen molar-refractivity contribution in [3.8, 4) is 28.4 Å². The van der Waals surface area contributed by atoms with E-state index in [2.05, 4.69) is 109 Å². The average Bonchev–Trinajstić information content (AvgIpc) is 3.29. The van der Waals surface area contributed by atoms with E-state index in [1.165, 1.54) is 21.5 Å². The summed E-state index contributed by atoms with van der Waals surface area (Å²) in [6.45, 7) is 4.84. The van der Waals surface area contributed by atoms with E-state index in [-0.39, 0.29) is 17.5 Å². The lowest BCUT2D eigenvalue weighted by Gasteiger charge is -2.22. The number of phenolic OH excluding ortho intramolecular Hbond substituents is 2. The lowest BCUT2D eigenvalue weighted by atomic mass is 9.95. The second-order valence-electron chi connectivity index (χ2n) is 15.7. The molecule has 0 amide bonds. The first-order valence-electron chi connectivity index (χ1n) is 21.3. The predicted octanol–water partition coefficient (Wildman–Crippen LogP) is 12.4. The highest BCUT2D eigenvalue weighted by Gasteiger charge is 2.19. The maximum Gasteiger partial charge on any atom is 0.128 e. The Labute approximate surface area is 353 Å². The molecule has 0 saturated carbocycles. The van der Waals surface area contributed by atoms with Crippen LogP contribution in [0.15, 0.2) is 164 Å². The Kier molecular flexibility index (Phi) is 13.2. The fourth-order valence-corrected chi connectivity index (χ4v) is 8.10. The third kappa shape index (κ3) is 9.74. The monoisotopic (exact) mass is 794 g/mol. The van der Waals surface area contributed by atoms with E-state index in [9.17, 15) is 10.2 Å². The van der Waals surface area contributed by atoms with Gasteiger partial charge in [-0.15, -0.1) is 0 Å². The van der Waals surface area contributed by atoms with Gasteiger partial charge in [0.2, 0.25) is 0 Å². The number of nitrogens with one attached hydrogen (secondary N) is 2. The first-order chi connectivity index (χ1) is 29.5. The van der Waals surface area contributed by atoms with Crippen molar-refractivity contribution in [3.05, 3.63) is 191 Å². The molecule has 6 nitrogen and oxygen atoms in total. The number of hydrogen-bond acceptors (Lipinski definition) is 6. The Bertz CT molecular complexity index is 2630. The maximum absolute atomic E-state index is 11.7. The van der Waals surface area contributed by atoms with Crippen molar-refractivity contribution in [2.45, 2.75) is 71.4 Å². The molecule has 4 N–H and O–H groups in total. The quantitative estimate of drug-likeness (QED) is 0.0693. The molecule has 0 radical (unpaired) electrons. The van der Waals surface area contributed by atoms with E-state index >= 15 is 0 Å². The summed E-state index contributed by atoms with van der Waals surface area (Å²) in [4.78, 5) is 0. The summed E-state index contributed by atoms with van der Waals surface area (Å²) in [5.41, 5.74) is 7.20. The van der Waals surface area contributed by atoms with E-state index in [4.69, 9.17) is 9.47 Å². The van der Waals surface area contributed by atoms with Crippen LogP contribution in [0.3, 0.4) is 0 Å². The highest BCUT2D eigenvalue weighted by molar-refractivity contribution is 5.84. The number of unbranched alkanes of at least 4 members (excludes halogenated alkanes) is 1. The zero-order valence-corrected chi connectivity index (χ0v) is 34.4. The van der Waals surface area contributed by atoms with Crippen molar-refractivity contribution < 1.29 is 19.7 Å². The summed E-state index contributed by atoms with van der Waals surface area (Å²) in [6.07, 6.45) is 9.09. The van der Waals surface area contributed by atoms with Gasteiger partial charge in [0, 0.05) is 65.5 Å². The SMILES string of the molecule is CCCC[C@@H](CNCc1cccc(-c2ccccc2OCc2ccc3ccccc3c2)c1O)NCc1cccc(C2=C(OCc3ccc4ccccc4c3)CCC=C2)c1O. The number of fused-ring (bicyclic) bond motifs is 2. The number of ether oxygens (including phenoxy) is 2. The second-order valence-corrected chi connectivity index (χ2v) is 15.7. The molecule has 8 rings (SSSR count). The number of rotatable bonds is 18. The average molecular weight is 795 g/mol. The molecule has 0 fully saturated rings. The van der Waals surface area contributed by atoms with Gasteiger partial charge in [0.15, 0.2) is 0 Å². The normalized spacial score (nSPS) is 13.2. The number of benzene rings is 7. The fraction of sp³-hybridized carbons (Fsp3) is 0.222. The Morgan fingerprint density at radius 2 is 1.20 bits per heavy atom. The van der Waals surface area contributed by atoms with Crippen molar-refractivity contribution >= 4 is 27.1 Å². The Morgan fingerprint density at radius 3 is 1.92 bits per heavy atom. The van der Waals surface area contributed by atoms with Gasteiger partial charge in [-0.1, -0.05) is 159 Å². The number of phenols is 2. The number of para-hydroxylation sites is 3. The van der Waals surface area contributed by atoms with Crippen LogP contribution in [0.5, 0.6) is 17.2 Å². The zero-order valence-electron chi connectivity index (χ0n) is 34.4. The van der Waals surface area contributed by atoms with Gasteiger partial charge in [0.25, 0.3) is 0 Å². The van der Waals surface area contributed by atoms with Crippen molar-refractivity contribution in [1.82, 2.24) is 10.6 Å². The first kappa shape index (κ1) is 40.4. The smallest absolute Gasteiger partial charge is 0.128 e. The van der Waals surface area contributed by atoms with Crippen LogP contribution >= 0.6 is 0 Å². The topological polar surface area (TPSA) is 83.0 Å². The van der Waals surface area contributed by atoms with Crippen molar-refractivity contribution in [1.29, 1.82) is 0 Å². The molecule has 1 aliphatic carbocycles. The van der Waals surface area contributed by atoms with Crippen LogP contribution in [0.1, 0.15) is 66.8 Å². The van der Waals surface area contributed by atoms with Gasteiger partial charge in [-0.05, 0) is 63.7 Å². The molecule has 1 atom stereocenters. The molecule has 7 aromatic rings. The highest BCUT2D eigenvalue weighted by Crippen LogP contribution is 2.39. The predicted molar refractivity (Wildman–Crippen MR) is 246 cm³/mol. The Morgan fingerprint density at radius 1 is 0.600 bits per heavy atom. The number of aromatic hydroxyl groups is 2. The molecule has 0 saturated heterocycles. The largest absolute Gasteiger partial charge is 0.507 e. The molecular weight excluding hydrogens is 741 g/mol. The lowest BCUT2D eigenvalue weighted by Crippen LogP contribution is -2.38. The molecule has 0 aromatic heterocycles. The van der Waals surface area contributed by atoms with Gasteiger partial charge in [-0.2, -0.15) is 0 Å². The highest BCUT2D eigenvalue weighted by atomic mass is 16.5. The summed E-state index contributed by atoms with van der Waals surface area (Å²) < 4.78 is 12.8. The second kappa shape index (κ2) is 19.6. The van der Waals surface area contributed by atoms with Crippen molar-refractivity contribution in [2.24, 2.45) is 0 Å². The first-order valence-corrected chi connectivity index (χ1v) is 21.3. The van der Waals surface area contributed by atoms with Gasteiger partial charge in [-0.3, -0.25) is 0 Å². The van der Waals surface area contributed by atoms with Crippen LogP contribution in [-0.2, 0) is 31.0 Å². The van der Waals surface area contributed by atoms with Crippen LogP contribution in [0.4, 0.5) is 0 Å². The number of hydrogen-bond donors (Lipinski definition) is 4. The van der Waals surface area contributed by atoms with Gasteiger partial charge in [-0.25, -0.2) is 0 Å². The minimum Gasteiger partial charge on any atom is -0.507 e. The molecule has 7 aromatic carbocycles. The third-order valence-electron chi connectivity index (χ3n) is 11.5. The van der Waals surface area contributed by atoms with Crippen LogP contribution in [0.25, 0.3) is 38.2 Å². The molecule has 0 aliphatic heterocycles. The van der Waals surface area contributed by atoms with Crippen LogP contribution in [0.2, 0.25) is 0 Å².